The van der Waals surface area contributed by atoms with E-state index in [0.717, 1.165) is 12.0 Å². The Hall–Kier alpha value is -3.02. The zero-order chi connectivity index (χ0) is 15.2. The largest absolute Gasteiger partial charge is 0.347 e. The van der Waals surface area contributed by atoms with Gasteiger partial charge in [0.2, 0.25) is 5.82 Å². The maximum absolute atomic E-state index is 12.0. The van der Waals surface area contributed by atoms with Crippen molar-refractivity contribution in [2.24, 2.45) is 0 Å². The highest BCUT2D eigenvalue weighted by Gasteiger charge is 2.15. The summed E-state index contributed by atoms with van der Waals surface area (Å²) in [4.78, 5) is 20.1. The minimum absolute atomic E-state index is 0.0614. The normalized spacial score (nSPS) is 10.4. The van der Waals surface area contributed by atoms with Crippen molar-refractivity contribution in [3.05, 3.63) is 66.2 Å². The third-order valence-corrected chi connectivity index (χ3v) is 3.06. The second-order valence-electron chi connectivity index (χ2n) is 4.63. The summed E-state index contributed by atoms with van der Waals surface area (Å²) < 4.78 is 4.97. The highest BCUT2D eigenvalue weighted by atomic mass is 16.5. The average molecular weight is 294 g/mol. The van der Waals surface area contributed by atoms with Crippen LogP contribution in [0, 0.1) is 0 Å². The second-order valence-corrected chi connectivity index (χ2v) is 4.63. The second kappa shape index (κ2) is 6.62. The van der Waals surface area contributed by atoms with Gasteiger partial charge < -0.3 is 9.84 Å². The molecule has 1 N–H and O–H groups in total. The fourth-order valence-corrected chi connectivity index (χ4v) is 1.96. The molecule has 0 aliphatic heterocycles. The minimum atomic E-state index is -0.384. The van der Waals surface area contributed by atoms with Gasteiger partial charge in [-0.1, -0.05) is 41.6 Å². The van der Waals surface area contributed by atoms with Gasteiger partial charge in [-0.25, -0.2) is 0 Å². The van der Waals surface area contributed by atoms with E-state index in [4.69, 9.17) is 4.52 Å². The van der Waals surface area contributed by atoms with Gasteiger partial charge in [-0.15, -0.1) is 0 Å². The van der Waals surface area contributed by atoms with Crippen LogP contribution in [-0.2, 0) is 6.42 Å². The molecule has 22 heavy (non-hydrogen) atoms. The first-order chi connectivity index (χ1) is 10.8. The molecule has 1 aromatic carbocycles. The Balaban J connectivity index is 1.58. The maximum Gasteiger partial charge on any atom is 0.316 e. The molecule has 110 valence electrons. The molecule has 0 spiro atoms. The lowest BCUT2D eigenvalue weighted by Crippen LogP contribution is -2.25. The molecule has 0 bridgehead atoms. The van der Waals surface area contributed by atoms with Crippen LogP contribution in [0.4, 0.5) is 0 Å². The molecule has 3 rings (SSSR count). The number of benzene rings is 1. The lowest BCUT2D eigenvalue weighted by molar-refractivity contribution is 0.0910. The number of rotatable bonds is 5. The molecule has 0 aliphatic rings. The number of carbonyl (C=O) groups is 1. The molecular formula is C16H14N4O2. The highest BCUT2D eigenvalue weighted by Crippen LogP contribution is 2.11. The highest BCUT2D eigenvalue weighted by molar-refractivity contribution is 5.89. The lowest BCUT2D eigenvalue weighted by Gasteiger charge is -2.02. The number of nitrogens with zero attached hydrogens (tertiary/aromatic N) is 3. The standard InChI is InChI=1S/C16H14N4O2/c21-15(18-11-9-12-6-2-1-3-7-12)16-19-14(20-22-16)13-8-4-5-10-17-13/h1-8,10H,9,11H2,(H,18,21). The van der Waals surface area contributed by atoms with Gasteiger partial charge in [-0.3, -0.25) is 9.78 Å². The van der Waals surface area contributed by atoms with Crippen molar-refractivity contribution in [3.8, 4) is 11.5 Å². The number of hydrogen-bond donors (Lipinski definition) is 1. The van der Waals surface area contributed by atoms with E-state index in [1.807, 2.05) is 36.4 Å². The van der Waals surface area contributed by atoms with E-state index in [-0.39, 0.29) is 11.8 Å². The van der Waals surface area contributed by atoms with E-state index in [9.17, 15) is 4.79 Å². The fourth-order valence-electron chi connectivity index (χ4n) is 1.96. The maximum atomic E-state index is 12.0. The van der Waals surface area contributed by atoms with Crippen molar-refractivity contribution >= 4 is 5.91 Å². The lowest BCUT2D eigenvalue weighted by atomic mass is 10.1. The minimum Gasteiger partial charge on any atom is -0.347 e. The Morgan fingerprint density at radius 1 is 1.09 bits per heavy atom. The molecule has 0 fully saturated rings. The van der Waals surface area contributed by atoms with E-state index >= 15 is 0 Å². The molecule has 1 amide bonds. The molecule has 0 radical (unpaired) electrons. The first kappa shape index (κ1) is 13.9. The summed E-state index contributed by atoms with van der Waals surface area (Å²) in [6.45, 7) is 0.504. The predicted molar refractivity (Wildman–Crippen MR) is 80.0 cm³/mol. The Morgan fingerprint density at radius 3 is 2.68 bits per heavy atom. The van der Waals surface area contributed by atoms with Crippen LogP contribution in [0.3, 0.4) is 0 Å². The summed E-state index contributed by atoms with van der Waals surface area (Å²) in [7, 11) is 0. The van der Waals surface area contributed by atoms with Gasteiger partial charge in [0, 0.05) is 12.7 Å². The summed E-state index contributed by atoms with van der Waals surface area (Å²) >= 11 is 0. The van der Waals surface area contributed by atoms with Gasteiger partial charge in [0.1, 0.15) is 5.69 Å². The summed E-state index contributed by atoms with van der Waals surface area (Å²) in [5.41, 5.74) is 1.72. The van der Waals surface area contributed by atoms with Crippen molar-refractivity contribution in [3.63, 3.8) is 0 Å². The summed E-state index contributed by atoms with van der Waals surface area (Å²) in [6.07, 6.45) is 2.37. The molecule has 2 heterocycles. The van der Waals surface area contributed by atoms with Gasteiger partial charge in [0.15, 0.2) is 0 Å². The third kappa shape index (κ3) is 3.35. The van der Waals surface area contributed by atoms with Gasteiger partial charge in [0.05, 0.1) is 0 Å². The van der Waals surface area contributed by atoms with E-state index in [1.54, 1.807) is 18.3 Å². The van der Waals surface area contributed by atoms with Crippen LogP contribution in [0.2, 0.25) is 0 Å². The predicted octanol–water partition coefficient (Wildman–Crippen LogP) is 2.10. The number of nitrogens with one attached hydrogen (secondary N) is 1. The number of hydrogen-bond acceptors (Lipinski definition) is 5. The Morgan fingerprint density at radius 2 is 1.91 bits per heavy atom. The summed E-state index contributed by atoms with van der Waals surface area (Å²) in [5.74, 6) is -0.145. The molecule has 0 unspecified atom stereocenters. The third-order valence-electron chi connectivity index (χ3n) is 3.06. The topological polar surface area (TPSA) is 80.9 Å². The average Bonchev–Trinajstić information content (AvgIpc) is 3.07. The molecular weight excluding hydrogens is 280 g/mol. The van der Waals surface area contributed by atoms with Crippen LogP contribution in [0.15, 0.2) is 59.3 Å². The molecule has 3 aromatic rings. The first-order valence-corrected chi connectivity index (χ1v) is 6.90. The number of carbonyl (C=O) groups excluding carboxylic acids is 1. The summed E-state index contributed by atoms with van der Waals surface area (Å²) in [5, 5.41) is 6.52. The molecule has 6 nitrogen and oxygen atoms in total. The van der Waals surface area contributed by atoms with Gasteiger partial charge in [-0.05, 0) is 24.1 Å². The van der Waals surface area contributed by atoms with Gasteiger partial charge >= 0.3 is 11.8 Å². The van der Waals surface area contributed by atoms with Crippen LogP contribution in [-0.4, -0.2) is 27.6 Å². The van der Waals surface area contributed by atoms with Crippen molar-refractivity contribution in [2.75, 3.05) is 6.54 Å². The quantitative estimate of drug-likeness (QED) is 0.779. The fraction of sp³-hybridized carbons (Fsp3) is 0.125. The van der Waals surface area contributed by atoms with Gasteiger partial charge in [0.25, 0.3) is 0 Å². The molecule has 0 atom stereocenters. The van der Waals surface area contributed by atoms with E-state index in [2.05, 4.69) is 20.4 Å². The van der Waals surface area contributed by atoms with Crippen molar-refractivity contribution in [1.82, 2.24) is 20.4 Å². The monoisotopic (exact) mass is 294 g/mol. The zero-order valence-corrected chi connectivity index (χ0v) is 11.8. The molecule has 0 aliphatic carbocycles. The molecule has 6 heteroatoms. The van der Waals surface area contributed by atoms with Crippen LogP contribution < -0.4 is 5.32 Å². The smallest absolute Gasteiger partial charge is 0.316 e. The number of amides is 1. The Bertz CT molecular complexity index is 741. The summed E-state index contributed by atoms with van der Waals surface area (Å²) in [6, 6.07) is 15.3. The molecule has 2 aromatic heterocycles. The Kier molecular flexibility index (Phi) is 4.20. The van der Waals surface area contributed by atoms with E-state index in [1.165, 1.54) is 0 Å². The Labute approximate surface area is 127 Å². The van der Waals surface area contributed by atoms with Gasteiger partial charge in [-0.2, -0.15) is 4.98 Å². The van der Waals surface area contributed by atoms with Crippen molar-refractivity contribution in [1.29, 1.82) is 0 Å². The van der Waals surface area contributed by atoms with Crippen LogP contribution in [0.5, 0.6) is 0 Å². The molecule has 0 saturated carbocycles. The van der Waals surface area contributed by atoms with Crippen LogP contribution >= 0.6 is 0 Å². The van der Waals surface area contributed by atoms with Crippen molar-refractivity contribution in [2.45, 2.75) is 6.42 Å². The van der Waals surface area contributed by atoms with E-state index in [0.29, 0.717) is 18.1 Å². The number of pyridine rings is 1. The number of aromatic nitrogens is 3. The zero-order valence-electron chi connectivity index (χ0n) is 11.8. The molecule has 0 saturated heterocycles. The van der Waals surface area contributed by atoms with Crippen LogP contribution in [0.1, 0.15) is 16.2 Å². The van der Waals surface area contributed by atoms with Crippen LogP contribution in [0.25, 0.3) is 11.5 Å². The first-order valence-electron chi connectivity index (χ1n) is 6.90. The van der Waals surface area contributed by atoms with E-state index < -0.39 is 0 Å². The van der Waals surface area contributed by atoms with Crippen molar-refractivity contribution < 1.29 is 9.32 Å². The SMILES string of the molecule is O=C(NCCc1ccccc1)c1nc(-c2ccccn2)no1.